The highest BCUT2D eigenvalue weighted by Gasteiger charge is 2.10. The first kappa shape index (κ1) is 12.9. The van der Waals surface area contributed by atoms with Crippen LogP contribution in [0.5, 0.6) is 0 Å². The summed E-state index contributed by atoms with van der Waals surface area (Å²) >= 11 is 0. The number of rotatable bonds is 2. The smallest absolute Gasteiger partial charge is 0.0972 e. The molecule has 0 N–H and O–H groups in total. The van der Waals surface area contributed by atoms with E-state index in [1.807, 2.05) is 36.4 Å². The Labute approximate surface area is 235 Å². The summed E-state index contributed by atoms with van der Waals surface area (Å²) in [6, 6.07) is 13.1. The molecule has 2 nitrogen and oxygen atoms in total. The lowest BCUT2D eigenvalue weighted by Crippen LogP contribution is -1.89. The first-order chi connectivity index (χ1) is 23.4. The van der Waals surface area contributed by atoms with Crippen molar-refractivity contribution in [2.24, 2.45) is 0 Å². The topological polar surface area (TPSA) is 25.8 Å². The lowest BCUT2D eigenvalue weighted by molar-refractivity contribution is 1.37. The molecule has 8 aromatic rings. The first-order valence-electron chi connectivity index (χ1n) is 17.5. The van der Waals surface area contributed by atoms with Crippen molar-refractivity contribution in [1.82, 2.24) is 9.97 Å². The summed E-state index contributed by atoms with van der Waals surface area (Å²) in [5, 5.41) is 1.00. The van der Waals surface area contributed by atoms with Crippen LogP contribution in [-0.2, 0) is 0 Å². The number of benzene rings is 6. The number of fused-ring (bicyclic) bond motifs is 9. The van der Waals surface area contributed by atoms with Gasteiger partial charge in [0.05, 0.1) is 31.8 Å². The molecule has 6 aromatic carbocycles. The lowest BCUT2D eigenvalue weighted by Gasteiger charge is -2.12. The zero-order chi connectivity index (χ0) is 34.6. The van der Waals surface area contributed by atoms with Crippen molar-refractivity contribution in [3.8, 4) is 22.4 Å². The maximum Gasteiger partial charge on any atom is 0.0972 e. The molecule has 38 heavy (non-hydrogen) atoms. The molecule has 2 aromatic heterocycles. The maximum atomic E-state index is 9.40. The molecule has 0 saturated carbocycles. The van der Waals surface area contributed by atoms with Crippen molar-refractivity contribution in [3.05, 3.63) is 133 Å². The minimum Gasteiger partial charge on any atom is -0.254 e. The van der Waals surface area contributed by atoms with Gasteiger partial charge in [-0.2, -0.15) is 0 Å². The predicted octanol–water partition coefficient (Wildman–Crippen LogP) is 9.58. The summed E-state index contributed by atoms with van der Waals surface area (Å²) in [4.78, 5) is 9.41. The molecule has 0 bridgehead atoms. The molecule has 0 aliphatic heterocycles. The molecule has 0 atom stereocenters. The molecule has 176 valence electrons. The summed E-state index contributed by atoms with van der Waals surface area (Å²) < 4.78 is 96.0. The summed E-state index contributed by atoms with van der Waals surface area (Å²) in [5.74, 6) is 0. The third-order valence-electron chi connectivity index (χ3n) is 6.84. The Morgan fingerprint density at radius 2 is 1.05 bits per heavy atom. The highest BCUT2D eigenvalue weighted by atomic mass is 14.7. The minimum absolute atomic E-state index is 0.0413. The van der Waals surface area contributed by atoms with Gasteiger partial charge in [0.1, 0.15) is 0 Å². The number of nitrogens with zero attached hydrogens (tertiary/aromatic N) is 2. The van der Waals surface area contributed by atoms with Crippen LogP contribution in [-0.4, -0.2) is 9.97 Å². The fraction of sp³-hybridized carbons (Fsp3) is 0. The molecular formula is C36H22N2. The Kier molecular flexibility index (Phi) is 2.80. The van der Waals surface area contributed by atoms with Crippen LogP contribution in [0, 0.1) is 0 Å². The molecule has 0 aliphatic rings. The van der Waals surface area contributed by atoms with Crippen LogP contribution in [0.4, 0.5) is 0 Å². The predicted molar refractivity (Wildman–Crippen MR) is 160 cm³/mol. The van der Waals surface area contributed by atoms with Crippen LogP contribution >= 0.6 is 0 Å². The van der Waals surface area contributed by atoms with Crippen LogP contribution in [0.3, 0.4) is 0 Å². The zero-order valence-electron chi connectivity index (χ0n) is 30.7. The van der Waals surface area contributed by atoms with E-state index in [0.717, 1.165) is 27.4 Å². The molecule has 8 rings (SSSR count). The van der Waals surface area contributed by atoms with E-state index in [2.05, 4.69) is 4.98 Å². The molecule has 0 saturated heterocycles. The van der Waals surface area contributed by atoms with Gasteiger partial charge in [0, 0.05) is 22.5 Å². The molecular weight excluding hydrogens is 460 g/mol. The fourth-order valence-electron chi connectivity index (χ4n) is 4.99. The maximum absolute atomic E-state index is 9.40. The molecule has 0 aliphatic carbocycles. The molecule has 0 spiro atoms. The van der Waals surface area contributed by atoms with Gasteiger partial charge in [-0.1, -0.05) is 109 Å². The third kappa shape index (κ3) is 3.21. The van der Waals surface area contributed by atoms with E-state index >= 15 is 0 Å². The van der Waals surface area contributed by atoms with E-state index < -0.39 is 54.4 Å². The number of aromatic nitrogens is 2. The van der Waals surface area contributed by atoms with Crippen molar-refractivity contribution in [1.29, 1.82) is 0 Å². The Morgan fingerprint density at radius 1 is 0.474 bits per heavy atom. The van der Waals surface area contributed by atoms with Crippen LogP contribution in [0.15, 0.2) is 133 Å². The quantitative estimate of drug-likeness (QED) is 0.224. The van der Waals surface area contributed by atoms with E-state index in [4.69, 9.17) is 18.7 Å². The lowest BCUT2D eigenvalue weighted by atomic mass is 9.92. The number of hydrogen-bond acceptors (Lipinski definition) is 2. The summed E-state index contributed by atoms with van der Waals surface area (Å²) in [5.41, 5.74) is 3.40. The van der Waals surface area contributed by atoms with Crippen molar-refractivity contribution < 1.29 is 15.1 Å². The van der Waals surface area contributed by atoms with Crippen molar-refractivity contribution in [2.75, 3.05) is 0 Å². The molecule has 2 heteroatoms. The number of pyridine rings is 2. The molecule has 0 unspecified atom stereocenters. The van der Waals surface area contributed by atoms with Crippen molar-refractivity contribution in [3.63, 3.8) is 0 Å². The second-order valence-corrected chi connectivity index (χ2v) is 8.99. The zero-order valence-corrected chi connectivity index (χ0v) is 19.7. The largest absolute Gasteiger partial charge is 0.254 e. The summed E-state index contributed by atoms with van der Waals surface area (Å²) in [7, 11) is 0. The van der Waals surface area contributed by atoms with Gasteiger partial charge in [0.2, 0.25) is 0 Å². The highest BCUT2D eigenvalue weighted by molar-refractivity contribution is 6.25. The average Bonchev–Trinajstić information content (AvgIpc) is 3.12. The van der Waals surface area contributed by atoms with Crippen molar-refractivity contribution in [2.45, 2.75) is 0 Å². The second-order valence-electron chi connectivity index (χ2n) is 8.99. The van der Waals surface area contributed by atoms with E-state index in [9.17, 15) is 1.37 Å². The average molecular weight is 494 g/mol. The third-order valence-corrected chi connectivity index (χ3v) is 6.84. The monoisotopic (exact) mass is 493 g/mol. The fourth-order valence-corrected chi connectivity index (χ4v) is 4.99. The minimum atomic E-state index is -0.601. The van der Waals surface area contributed by atoms with E-state index in [1.54, 1.807) is 30.5 Å². The Bertz CT molecular complexity index is 2740. The van der Waals surface area contributed by atoms with Gasteiger partial charge in [0.25, 0.3) is 0 Å². The van der Waals surface area contributed by atoms with Gasteiger partial charge in [0.15, 0.2) is 0 Å². The van der Waals surface area contributed by atoms with Gasteiger partial charge >= 0.3 is 0 Å². The highest BCUT2D eigenvalue weighted by Crippen LogP contribution is 2.37. The molecule has 2 heterocycles. The van der Waals surface area contributed by atoms with Crippen LogP contribution in [0.25, 0.3) is 76.5 Å². The van der Waals surface area contributed by atoms with Crippen LogP contribution in [0.1, 0.15) is 15.1 Å². The summed E-state index contributed by atoms with van der Waals surface area (Å²) in [6.45, 7) is 0. The van der Waals surface area contributed by atoms with Gasteiger partial charge in [-0.3, -0.25) is 4.98 Å². The second kappa shape index (κ2) is 8.22. The molecule has 0 radical (unpaired) electrons. The SMILES string of the molecule is [2H]c1c([2H])c([2H])c2c(c1[2H])c1c([2H])c([2H])c([2H])c([2H])c1c1c([2H])c(-c3ccc(-c4ccc5ccc6cccnc6c5n4)cc3)c([2H])c([2H])c21. The standard InChI is InChI=1S/C36H22N2/c1-2-9-30-28(7-1)29-8-3-4-10-31(29)33-22-27(17-19-32(30)33)23-11-13-24(14-12-23)34-20-18-26-16-15-25-6-5-21-37-35(25)36(26)38-34/h1-22H/i1D,2D,3D,4D,7D,8D,9D,10D,17D,19D,22D. The summed E-state index contributed by atoms with van der Waals surface area (Å²) in [6.07, 6.45) is 1.72. The van der Waals surface area contributed by atoms with Gasteiger partial charge < -0.3 is 0 Å². The molecule has 0 fully saturated rings. The Morgan fingerprint density at radius 3 is 1.76 bits per heavy atom. The van der Waals surface area contributed by atoms with Crippen LogP contribution in [0.2, 0.25) is 0 Å². The number of hydrogen-bond donors (Lipinski definition) is 0. The normalized spacial score (nSPS) is 15.7. The van der Waals surface area contributed by atoms with E-state index in [0.29, 0.717) is 11.3 Å². The Hall–Kier alpha value is -5.08. The van der Waals surface area contributed by atoms with E-state index in [1.165, 1.54) is 0 Å². The van der Waals surface area contributed by atoms with Gasteiger partial charge in [-0.05, 0) is 61.6 Å². The van der Waals surface area contributed by atoms with Crippen LogP contribution < -0.4 is 0 Å². The first-order valence-corrected chi connectivity index (χ1v) is 12.0. The van der Waals surface area contributed by atoms with E-state index in [-0.39, 0.29) is 50.0 Å². The van der Waals surface area contributed by atoms with Gasteiger partial charge in [-0.25, -0.2) is 4.98 Å². The Balaban J connectivity index is 1.42. The molecule has 0 amide bonds. The van der Waals surface area contributed by atoms with Gasteiger partial charge in [-0.15, -0.1) is 0 Å². The van der Waals surface area contributed by atoms with Crippen molar-refractivity contribution >= 4 is 54.1 Å².